The van der Waals surface area contributed by atoms with Crippen molar-refractivity contribution < 1.29 is 8.42 Å². The molecule has 0 aliphatic carbocycles. The van der Waals surface area contributed by atoms with Gasteiger partial charge in [0, 0.05) is 0 Å². The monoisotopic (exact) mass is 315 g/mol. The highest BCUT2D eigenvalue weighted by atomic mass is 32.2. The number of rotatable bonds is 3. The van der Waals surface area contributed by atoms with E-state index < -0.39 is 10.0 Å². The van der Waals surface area contributed by atoms with Crippen LogP contribution in [0.5, 0.6) is 0 Å². The Hall–Kier alpha value is -2.34. The standard InChI is InChI=1S/C16H17N3O2S/c1-10-6-11(2)16(12(3)7-10)22(20,21)19-13-4-5-14-15(8-13)18-9-17-14/h4-9,19H,1-3H3,(H,17,18). The molecule has 6 heteroatoms. The minimum absolute atomic E-state index is 0.336. The highest BCUT2D eigenvalue weighted by molar-refractivity contribution is 7.92. The molecule has 1 heterocycles. The number of aromatic nitrogens is 2. The third-order valence-electron chi connectivity index (χ3n) is 3.55. The zero-order chi connectivity index (χ0) is 15.9. The second kappa shape index (κ2) is 5.14. The summed E-state index contributed by atoms with van der Waals surface area (Å²) < 4.78 is 28.0. The van der Waals surface area contributed by atoms with Crippen LogP contribution >= 0.6 is 0 Å². The molecule has 0 atom stereocenters. The largest absolute Gasteiger partial charge is 0.345 e. The quantitative estimate of drug-likeness (QED) is 0.779. The molecule has 0 spiro atoms. The first kappa shape index (κ1) is 14.6. The summed E-state index contributed by atoms with van der Waals surface area (Å²) in [7, 11) is -3.63. The molecule has 2 N–H and O–H groups in total. The average Bonchev–Trinajstić information content (AvgIpc) is 2.83. The number of hydrogen-bond acceptors (Lipinski definition) is 3. The van der Waals surface area contributed by atoms with E-state index in [4.69, 9.17) is 0 Å². The second-order valence-electron chi connectivity index (χ2n) is 5.47. The van der Waals surface area contributed by atoms with Crippen LogP contribution in [0, 0.1) is 20.8 Å². The first-order chi connectivity index (χ1) is 10.4. The number of benzene rings is 2. The minimum atomic E-state index is -3.63. The molecule has 22 heavy (non-hydrogen) atoms. The van der Waals surface area contributed by atoms with Gasteiger partial charge in [0.2, 0.25) is 0 Å². The predicted octanol–water partition coefficient (Wildman–Crippen LogP) is 3.29. The number of sulfonamides is 1. The third kappa shape index (κ3) is 2.57. The number of nitrogens with zero attached hydrogens (tertiary/aromatic N) is 1. The number of imidazole rings is 1. The fourth-order valence-electron chi connectivity index (χ4n) is 2.80. The lowest BCUT2D eigenvalue weighted by molar-refractivity contribution is 0.600. The lowest BCUT2D eigenvalue weighted by atomic mass is 10.1. The zero-order valence-electron chi connectivity index (χ0n) is 12.6. The summed E-state index contributed by atoms with van der Waals surface area (Å²) in [5, 5.41) is 0. The molecule has 0 radical (unpaired) electrons. The van der Waals surface area contributed by atoms with E-state index in [-0.39, 0.29) is 0 Å². The van der Waals surface area contributed by atoms with E-state index in [1.165, 1.54) is 0 Å². The van der Waals surface area contributed by atoms with E-state index in [2.05, 4.69) is 14.7 Å². The number of aromatic amines is 1. The molecule has 0 fully saturated rings. The van der Waals surface area contributed by atoms with Crippen LogP contribution in [0.1, 0.15) is 16.7 Å². The Bertz CT molecular complexity index is 935. The lowest BCUT2D eigenvalue weighted by Crippen LogP contribution is -2.15. The SMILES string of the molecule is Cc1cc(C)c(S(=O)(=O)Nc2ccc3nc[nH]c3c2)c(C)c1. The number of hydrogen-bond donors (Lipinski definition) is 2. The molecule has 1 aromatic heterocycles. The maximum atomic E-state index is 12.7. The average molecular weight is 315 g/mol. The Balaban J connectivity index is 2.03. The summed E-state index contributed by atoms with van der Waals surface area (Å²) in [6, 6.07) is 8.97. The molecule has 3 aromatic rings. The molecule has 2 aromatic carbocycles. The van der Waals surface area contributed by atoms with Crippen LogP contribution in [0.25, 0.3) is 11.0 Å². The first-order valence-electron chi connectivity index (χ1n) is 6.90. The van der Waals surface area contributed by atoms with E-state index in [1.54, 1.807) is 24.5 Å². The minimum Gasteiger partial charge on any atom is -0.345 e. The number of aryl methyl sites for hydroxylation is 3. The van der Waals surface area contributed by atoms with Gasteiger partial charge in [0.15, 0.2) is 0 Å². The molecule has 0 bridgehead atoms. The molecule has 0 aliphatic heterocycles. The van der Waals surface area contributed by atoms with Crippen LogP contribution in [-0.4, -0.2) is 18.4 Å². The molecule has 0 saturated carbocycles. The van der Waals surface area contributed by atoms with Gasteiger partial charge in [-0.3, -0.25) is 4.72 Å². The fourth-order valence-corrected chi connectivity index (χ4v) is 4.30. The van der Waals surface area contributed by atoms with E-state index in [9.17, 15) is 8.42 Å². The van der Waals surface area contributed by atoms with Crippen molar-refractivity contribution in [2.75, 3.05) is 4.72 Å². The maximum absolute atomic E-state index is 12.7. The Labute approximate surface area is 129 Å². The van der Waals surface area contributed by atoms with Crippen molar-refractivity contribution in [1.29, 1.82) is 0 Å². The van der Waals surface area contributed by atoms with Gasteiger partial charge in [-0.05, 0) is 50.1 Å². The van der Waals surface area contributed by atoms with E-state index in [1.807, 2.05) is 32.9 Å². The second-order valence-corrected chi connectivity index (χ2v) is 7.09. The first-order valence-corrected chi connectivity index (χ1v) is 8.39. The van der Waals surface area contributed by atoms with Crippen LogP contribution in [0.15, 0.2) is 41.6 Å². The van der Waals surface area contributed by atoms with Crippen LogP contribution in [0.2, 0.25) is 0 Å². The molecular weight excluding hydrogens is 298 g/mol. The van der Waals surface area contributed by atoms with Crippen molar-refractivity contribution >= 4 is 26.7 Å². The summed E-state index contributed by atoms with van der Waals surface area (Å²) in [5.41, 5.74) is 4.63. The van der Waals surface area contributed by atoms with Crippen molar-refractivity contribution in [1.82, 2.24) is 9.97 Å². The summed E-state index contributed by atoms with van der Waals surface area (Å²) >= 11 is 0. The van der Waals surface area contributed by atoms with Gasteiger partial charge >= 0.3 is 0 Å². The van der Waals surface area contributed by atoms with Gasteiger partial charge in [-0.25, -0.2) is 13.4 Å². The molecule has 0 unspecified atom stereocenters. The summed E-state index contributed by atoms with van der Waals surface area (Å²) in [5.74, 6) is 0. The van der Waals surface area contributed by atoms with Crippen LogP contribution < -0.4 is 4.72 Å². The van der Waals surface area contributed by atoms with Gasteiger partial charge in [-0.2, -0.15) is 0 Å². The molecule has 0 amide bonds. The molecule has 0 aliphatic rings. The van der Waals surface area contributed by atoms with E-state index in [0.717, 1.165) is 27.7 Å². The Morgan fingerprint density at radius 1 is 1.05 bits per heavy atom. The third-order valence-corrected chi connectivity index (χ3v) is 5.23. The lowest BCUT2D eigenvalue weighted by Gasteiger charge is -2.14. The van der Waals surface area contributed by atoms with Gasteiger partial charge in [0.05, 0.1) is 27.9 Å². The number of fused-ring (bicyclic) bond motifs is 1. The predicted molar refractivity (Wildman–Crippen MR) is 87.6 cm³/mol. The molecular formula is C16H17N3O2S. The van der Waals surface area contributed by atoms with Crippen LogP contribution in [0.3, 0.4) is 0 Å². The summed E-state index contributed by atoms with van der Waals surface area (Å²) in [4.78, 5) is 7.43. The smallest absolute Gasteiger partial charge is 0.262 e. The van der Waals surface area contributed by atoms with Gasteiger partial charge in [0.1, 0.15) is 0 Å². The maximum Gasteiger partial charge on any atom is 0.262 e. The molecule has 3 rings (SSSR count). The van der Waals surface area contributed by atoms with Crippen molar-refractivity contribution in [3.05, 3.63) is 53.3 Å². The van der Waals surface area contributed by atoms with Gasteiger partial charge in [0.25, 0.3) is 10.0 Å². The molecule has 0 saturated heterocycles. The van der Waals surface area contributed by atoms with E-state index >= 15 is 0 Å². The van der Waals surface area contributed by atoms with Crippen LogP contribution in [-0.2, 0) is 10.0 Å². The van der Waals surface area contributed by atoms with E-state index in [0.29, 0.717) is 10.6 Å². The van der Waals surface area contributed by atoms with Crippen molar-refractivity contribution in [2.24, 2.45) is 0 Å². The number of H-pyrrole nitrogens is 1. The highest BCUT2D eigenvalue weighted by Gasteiger charge is 2.20. The van der Waals surface area contributed by atoms with Crippen molar-refractivity contribution in [2.45, 2.75) is 25.7 Å². The van der Waals surface area contributed by atoms with Gasteiger partial charge in [-0.15, -0.1) is 0 Å². The Kier molecular flexibility index (Phi) is 3.41. The number of nitrogens with one attached hydrogen (secondary N) is 2. The Morgan fingerprint density at radius 2 is 1.73 bits per heavy atom. The summed E-state index contributed by atoms with van der Waals surface area (Å²) in [6.45, 7) is 5.58. The Morgan fingerprint density at radius 3 is 2.41 bits per heavy atom. The summed E-state index contributed by atoms with van der Waals surface area (Å²) in [6.07, 6.45) is 1.58. The number of anilines is 1. The normalized spacial score (nSPS) is 11.8. The van der Waals surface area contributed by atoms with Gasteiger partial charge < -0.3 is 4.98 Å². The van der Waals surface area contributed by atoms with Crippen molar-refractivity contribution in [3.8, 4) is 0 Å². The molecule has 5 nitrogen and oxygen atoms in total. The van der Waals surface area contributed by atoms with Gasteiger partial charge in [-0.1, -0.05) is 17.7 Å². The van der Waals surface area contributed by atoms with Crippen molar-refractivity contribution in [3.63, 3.8) is 0 Å². The topological polar surface area (TPSA) is 74.8 Å². The van der Waals surface area contributed by atoms with Crippen LogP contribution in [0.4, 0.5) is 5.69 Å². The molecule has 114 valence electrons. The zero-order valence-corrected chi connectivity index (χ0v) is 13.5. The fraction of sp³-hybridized carbons (Fsp3) is 0.188. The highest BCUT2D eigenvalue weighted by Crippen LogP contribution is 2.25.